The molecule has 0 radical (unpaired) electrons. The number of hydrogen-bond donors (Lipinski definition) is 0. The lowest BCUT2D eigenvalue weighted by Gasteiger charge is -2.11. The largest absolute Gasteiger partial charge is 0.345 e. The number of fused-ring (bicyclic) bond motifs is 1. The molecule has 0 saturated heterocycles. The number of carbonyl (C=O) groups excluding carboxylic acids is 1. The van der Waals surface area contributed by atoms with Crippen molar-refractivity contribution < 1.29 is 4.79 Å². The van der Waals surface area contributed by atoms with Gasteiger partial charge >= 0.3 is 0 Å². The lowest BCUT2D eigenvalue weighted by atomic mass is 10.1. The molecule has 0 bridgehead atoms. The molecule has 2 nitrogen and oxygen atoms in total. The van der Waals surface area contributed by atoms with E-state index in [0.717, 1.165) is 11.8 Å². The molecule has 0 N–H and O–H groups in total. The van der Waals surface area contributed by atoms with E-state index in [0.29, 0.717) is 12.5 Å². The molecule has 1 heterocycles. The quantitative estimate of drug-likeness (QED) is 0.700. The van der Waals surface area contributed by atoms with Crippen LogP contribution in [0.4, 0.5) is 0 Å². The lowest BCUT2D eigenvalue weighted by molar-refractivity contribution is -0.107. The van der Waals surface area contributed by atoms with Gasteiger partial charge in [-0.05, 0) is 30.9 Å². The summed E-state index contributed by atoms with van der Waals surface area (Å²) in [5.41, 5.74) is 2.31. The van der Waals surface area contributed by atoms with Gasteiger partial charge in [-0.1, -0.05) is 18.2 Å². The van der Waals surface area contributed by atoms with E-state index in [9.17, 15) is 4.79 Å². The van der Waals surface area contributed by atoms with Crippen LogP contribution < -0.4 is 0 Å². The number of para-hydroxylation sites is 1. The van der Waals surface area contributed by atoms with Crippen molar-refractivity contribution in [2.75, 3.05) is 0 Å². The molecule has 1 aromatic carbocycles. The SMILES string of the molecule is CC(C)n1ccc2cccc(CC=O)c21. The summed E-state index contributed by atoms with van der Waals surface area (Å²) in [6, 6.07) is 8.64. The summed E-state index contributed by atoms with van der Waals surface area (Å²) in [7, 11) is 0. The van der Waals surface area contributed by atoms with Crippen LogP contribution in [-0.4, -0.2) is 10.9 Å². The molecule has 2 aromatic rings. The van der Waals surface area contributed by atoms with Gasteiger partial charge in [0.2, 0.25) is 0 Å². The molecule has 0 fully saturated rings. The minimum Gasteiger partial charge on any atom is -0.345 e. The highest BCUT2D eigenvalue weighted by atomic mass is 16.1. The number of hydrogen-bond acceptors (Lipinski definition) is 1. The zero-order chi connectivity index (χ0) is 10.8. The molecule has 0 atom stereocenters. The van der Waals surface area contributed by atoms with Crippen LogP contribution in [0, 0.1) is 0 Å². The Balaban J connectivity index is 2.68. The first-order chi connectivity index (χ1) is 7.24. The van der Waals surface area contributed by atoms with Gasteiger partial charge in [0.15, 0.2) is 0 Å². The highest BCUT2D eigenvalue weighted by Gasteiger charge is 2.07. The summed E-state index contributed by atoms with van der Waals surface area (Å²) in [4.78, 5) is 10.6. The zero-order valence-corrected chi connectivity index (χ0v) is 9.10. The maximum absolute atomic E-state index is 10.6. The van der Waals surface area contributed by atoms with E-state index in [1.807, 2.05) is 12.1 Å². The molecule has 0 aliphatic rings. The molecule has 78 valence electrons. The van der Waals surface area contributed by atoms with Crippen molar-refractivity contribution in [2.24, 2.45) is 0 Å². The highest BCUT2D eigenvalue weighted by Crippen LogP contribution is 2.23. The van der Waals surface area contributed by atoms with Crippen LogP contribution in [0.25, 0.3) is 10.9 Å². The van der Waals surface area contributed by atoms with Crippen LogP contribution in [0.15, 0.2) is 30.5 Å². The van der Waals surface area contributed by atoms with Crippen LogP contribution in [0.3, 0.4) is 0 Å². The summed E-state index contributed by atoms with van der Waals surface area (Å²) >= 11 is 0. The van der Waals surface area contributed by atoms with Crippen LogP contribution in [0.1, 0.15) is 25.5 Å². The second-order valence-electron chi connectivity index (χ2n) is 4.04. The van der Waals surface area contributed by atoms with E-state index in [4.69, 9.17) is 0 Å². The third-order valence-electron chi connectivity index (χ3n) is 2.68. The number of aldehydes is 1. The topological polar surface area (TPSA) is 22.0 Å². The van der Waals surface area contributed by atoms with Gasteiger partial charge in [-0.15, -0.1) is 0 Å². The molecule has 0 aliphatic carbocycles. The van der Waals surface area contributed by atoms with Gasteiger partial charge in [0.1, 0.15) is 6.29 Å². The summed E-state index contributed by atoms with van der Waals surface area (Å²) in [6.45, 7) is 4.30. The van der Waals surface area contributed by atoms with Gasteiger partial charge in [0, 0.05) is 18.7 Å². The minimum absolute atomic E-state index is 0.426. The molecule has 2 rings (SSSR count). The Morgan fingerprint density at radius 2 is 2.13 bits per heavy atom. The van der Waals surface area contributed by atoms with Crippen molar-refractivity contribution in [2.45, 2.75) is 26.3 Å². The fraction of sp³-hybridized carbons (Fsp3) is 0.308. The Bertz CT molecular complexity index is 482. The molecular weight excluding hydrogens is 186 g/mol. The molecule has 0 amide bonds. The van der Waals surface area contributed by atoms with Crippen LogP contribution in [-0.2, 0) is 11.2 Å². The minimum atomic E-state index is 0.426. The van der Waals surface area contributed by atoms with E-state index in [2.05, 4.69) is 36.7 Å². The average Bonchev–Trinajstić information content (AvgIpc) is 2.62. The van der Waals surface area contributed by atoms with Gasteiger partial charge in [0.05, 0.1) is 5.52 Å². The molecule has 0 unspecified atom stereocenters. The Hall–Kier alpha value is -1.57. The van der Waals surface area contributed by atoms with E-state index in [-0.39, 0.29) is 0 Å². The first-order valence-electron chi connectivity index (χ1n) is 5.26. The Morgan fingerprint density at radius 3 is 2.80 bits per heavy atom. The molecule has 0 spiro atoms. The monoisotopic (exact) mass is 201 g/mol. The van der Waals surface area contributed by atoms with Gasteiger partial charge in [-0.2, -0.15) is 0 Å². The first-order valence-corrected chi connectivity index (χ1v) is 5.26. The van der Waals surface area contributed by atoms with Crippen molar-refractivity contribution in [3.8, 4) is 0 Å². The second kappa shape index (κ2) is 3.89. The smallest absolute Gasteiger partial charge is 0.124 e. The summed E-state index contributed by atoms with van der Waals surface area (Å²) in [6.07, 6.45) is 3.55. The predicted molar refractivity (Wildman–Crippen MR) is 62.1 cm³/mol. The Morgan fingerprint density at radius 1 is 1.33 bits per heavy atom. The normalized spacial score (nSPS) is 11.1. The lowest BCUT2D eigenvalue weighted by Crippen LogP contribution is -2.01. The second-order valence-corrected chi connectivity index (χ2v) is 4.04. The number of carbonyl (C=O) groups is 1. The van der Waals surface area contributed by atoms with Gasteiger partial charge < -0.3 is 9.36 Å². The Labute approximate surface area is 89.5 Å². The van der Waals surface area contributed by atoms with Crippen molar-refractivity contribution in [3.05, 3.63) is 36.0 Å². The third kappa shape index (κ3) is 1.67. The number of benzene rings is 1. The van der Waals surface area contributed by atoms with E-state index in [1.165, 1.54) is 10.9 Å². The summed E-state index contributed by atoms with van der Waals surface area (Å²) in [5.74, 6) is 0. The molecule has 0 aliphatic heterocycles. The fourth-order valence-electron chi connectivity index (χ4n) is 1.98. The van der Waals surface area contributed by atoms with E-state index < -0.39 is 0 Å². The summed E-state index contributed by atoms with van der Waals surface area (Å²) in [5, 5.41) is 1.21. The third-order valence-corrected chi connectivity index (χ3v) is 2.68. The van der Waals surface area contributed by atoms with Gasteiger partial charge in [0.25, 0.3) is 0 Å². The van der Waals surface area contributed by atoms with Crippen molar-refractivity contribution in [1.82, 2.24) is 4.57 Å². The molecule has 2 heteroatoms. The Kier molecular flexibility index (Phi) is 2.58. The zero-order valence-electron chi connectivity index (χ0n) is 9.10. The maximum atomic E-state index is 10.6. The maximum Gasteiger partial charge on any atom is 0.124 e. The van der Waals surface area contributed by atoms with Gasteiger partial charge in [-0.3, -0.25) is 0 Å². The van der Waals surface area contributed by atoms with Crippen LogP contribution in [0.2, 0.25) is 0 Å². The van der Waals surface area contributed by atoms with Crippen molar-refractivity contribution >= 4 is 17.2 Å². The van der Waals surface area contributed by atoms with Crippen LogP contribution in [0.5, 0.6) is 0 Å². The molecular formula is C13H15NO. The van der Waals surface area contributed by atoms with Crippen molar-refractivity contribution in [1.29, 1.82) is 0 Å². The van der Waals surface area contributed by atoms with Gasteiger partial charge in [-0.25, -0.2) is 0 Å². The standard InChI is InChI=1S/C13H15NO/c1-10(2)14-8-6-11-4-3-5-12(7-9-15)13(11)14/h3-6,8-10H,7H2,1-2H3. The number of rotatable bonds is 3. The molecule has 1 aromatic heterocycles. The highest BCUT2D eigenvalue weighted by molar-refractivity contribution is 5.85. The van der Waals surface area contributed by atoms with E-state index >= 15 is 0 Å². The number of nitrogens with zero attached hydrogens (tertiary/aromatic N) is 1. The predicted octanol–water partition coefficient (Wildman–Crippen LogP) is 2.96. The van der Waals surface area contributed by atoms with Crippen LogP contribution >= 0.6 is 0 Å². The number of aromatic nitrogens is 1. The fourth-order valence-corrected chi connectivity index (χ4v) is 1.98. The summed E-state index contributed by atoms with van der Waals surface area (Å²) < 4.78 is 2.22. The van der Waals surface area contributed by atoms with Crippen molar-refractivity contribution in [3.63, 3.8) is 0 Å². The molecule has 15 heavy (non-hydrogen) atoms. The molecule has 0 saturated carbocycles. The average molecular weight is 201 g/mol. The first kappa shape index (κ1) is 9.97. The van der Waals surface area contributed by atoms with E-state index in [1.54, 1.807) is 0 Å².